The quantitative estimate of drug-likeness (QED) is 0.395. The normalized spacial score (nSPS) is 15.5. The SMILES string of the molecule is C/C=C(C(=O)N1CCC(c2nc(C(=O)Nc3cc(C(N)=O)ccc3OC)cs2)CC1)\C(=C/C)C(F)(F)F. The maximum Gasteiger partial charge on any atom is 0.416 e. The van der Waals surface area contributed by atoms with Crippen molar-refractivity contribution in [2.24, 2.45) is 5.73 Å². The lowest BCUT2D eigenvalue weighted by Crippen LogP contribution is -2.40. The molecule has 1 aliphatic rings. The first-order valence-corrected chi connectivity index (χ1v) is 12.3. The minimum Gasteiger partial charge on any atom is -0.495 e. The number of aromatic nitrogens is 1. The fourth-order valence-corrected chi connectivity index (χ4v) is 5.06. The van der Waals surface area contributed by atoms with Gasteiger partial charge in [0.15, 0.2) is 0 Å². The molecule has 0 spiro atoms. The zero-order valence-electron chi connectivity index (χ0n) is 20.5. The van der Waals surface area contributed by atoms with E-state index in [-0.39, 0.29) is 41.5 Å². The number of alkyl halides is 3. The number of hydrogen-bond acceptors (Lipinski definition) is 6. The molecule has 1 aromatic heterocycles. The Morgan fingerprint density at radius 2 is 1.86 bits per heavy atom. The first-order valence-electron chi connectivity index (χ1n) is 11.4. The second-order valence-electron chi connectivity index (χ2n) is 8.27. The van der Waals surface area contributed by atoms with Crippen molar-refractivity contribution >= 4 is 34.7 Å². The van der Waals surface area contributed by atoms with Gasteiger partial charge in [0.25, 0.3) is 11.8 Å². The number of rotatable bonds is 7. The van der Waals surface area contributed by atoms with Crippen LogP contribution in [0.1, 0.15) is 58.5 Å². The molecule has 1 aromatic carbocycles. The predicted octanol–water partition coefficient (Wildman–Crippen LogP) is 4.66. The van der Waals surface area contributed by atoms with E-state index < -0.39 is 29.5 Å². The minimum absolute atomic E-state index is 0.0406. The van der Waals surface area contributed by atoms with Gasteiger partial charge in [-0.25, -0.2) is 4.98 Å². The molecule has 1 fully saturated rings. The number of likely N-dealkylation sites (tertiary alicyclic amines) is 1. The molecule has 8 nitrogen and oxygen atoms in total. The van der Waals surface area contributed by atoms with E-state index in [1.54, 1.807) is 5.38 Å². The minimum atomic E-state index is -4.62. The number of thiazole rings is 1. The summed E-state index contributed by atoms with van der Waals surface area (Å²) in [6, 6.07) is 4.41. The number of nitrogens with two attached hydrogens (primary N) is 1. The number of primary amides is 1. The van der Waals surface area contributed by atoms with Crippen LogP contribution in [0, 0.1) is 0 Å². The summed E-state index contributed by atoms with van der Waals surface area (Å²) in [5, 5.41) is 4.98. The van der Waals surface area contributed by atoms with Gasteiger partial charge in [-0.2, -0.15) is 13.2 Å². The van der Waals surface area contributed by atoms with Gasteiger partial charge in [0, 0.05) is 35.5 Å². The topological polar surface area (TPSA) is 115 Å². The molecule has 1 saturated heterocycles. The fourth-order valence-electron chi connectivity index (χ4n) is 4.09. The Bertz CT molecular complexity index is 1240. The zero-order chi connectivity index (χ0) is 27.3. The molecule has 0 aliphatic carbocycles. The van der Waals surface area contributed by atoms with E-state index in [4.69, 9.17) is 10.5 Å². The number of carbonyl (C=O) groups excluding carboxylic acids is 3. The Morgan fingerprint density at radius 3 is 2.41 bits per heavy atom. The maximum atomic E-state index is 13.3. The second-order valence-corrected chi connectivity index (χ2v) is 9.16. The van der Waals surface area contributed by atoms with Gasteiger partial charge in [0.1, 0.15) is 11.4 Å². The molecular weight excluding hydrogens is 509 g/mol. The van der Waals surface area contributed by atoms with E-state index in [0.717, 1.165) is 6.08 Å². The lowest BCUT2D eigenvalue weighted by Gasteiger charge is -2.32. The molecule has 0 atom stereocenters. The first-order chi connectivity index (χ1) is 17.5. The van der Waals surface area contributed by atoms with Crippen molar-refractivity contribution < 1.29 is 32.3 Å². The Labute approximate surface area is 216 Å². The molecule has 3 rings (SSSR count). The van der Waals surface area contributed by atoms with Crippen molar-refractivity contribution in [2.45, 2.75) is 38.8 Å². The molecule has 198 valence electrons. The maximum absolute atomic E-state index is 13.3. The summed E-state index contributed by atoms with van der Waals surface area (Å²) < 4.78 is 45.2. The Kier molecular flexibility index (Phi) is 8.74. The summed E-state index contributed by atoms with van der Waals surface area (Å²) in [5.74, 6) is -1.50. The highest BCUT2D eigenvalue weighted by Crippen LogP contribution is 2.35. The largest absolute Gasteiger partial charge is 0.495 e. The lowest BCUT2D eigenvalue weighted by atomic mass is 9.95. The molecule has 37 heavy (non-hydrogen) atoms. The molecule has 0 unspecified atom stereocenters. The number of carbonyl (C=O) groups is 3. The van der Waals surface area contributed by atoms with E-state index in [2.05, 4.69) is 10.3 Å². The van der Waals surface area contributed by atoms with E-state index in [0.29, 0.717) is 23.6 Å². The third kappa shape index (κ3) is 6.37. The Balaban J connectivity index is 1.66. The predicted molar refractivity (Wildman–Crippen MR) is 134 cm³/mol. The second kappa shape index (κ2) is 11.6. The number of benzene rings is 1. The van der Waals surface area contributed by atoms with Crippen LogP contribution in [0.15, 0.2) is 46.9 Å². The average Bonchev–Trinajstić information content (AvgIpc) is 3.36. The van der Waals surface area contributed by atoms with Gasteiger partial charge < -0.3 is 20.7 Å². The Morgan fingerprint density at radius 1 is 1.19 bits per heavy atom. The van der Waals surface area contributed by atoms with Crippen molar-refractivity contribution in [3.63, 3.8) is 0 Å². The molecule has 3 N–H and O–H groups in total. The average molecular weight is 537 g/mol. The number of ether oxygens (including phenoxy) is 1. The zero-order valence-corrected chi connectivity index (χ0v) is 21.3. The van der Waals surface area contributed by atoms with Crippen molar-refractivity contribution in [3.05, 3.63) is 63.1 Å². The number of nitrogens with one attached hydrogen (secondary N) is 1. The van der Waals surface area contributed by atoms with Crippen molar-refractivity contribution in [3.8, 4) is 5.75 Å². The van der Waals surface area contributed by atoms with E-state index in [1.807, 2.05) is 0 Å². The van der Waals surface area contributed by atoms with E-state index >= 15 is 0 Å². The van der Waals surface area contributed by atoms with Gasteiger partial charge >= 0.3 is 6.18 Å². The van der Waals surface area contributed by atoms with Gasteiger partial charge in [-0.3, -0.25) is 14.4 Å². The van der Waals surface area contributed by atoms with Crippen LogP contribution in [0.3, 0.4) is 0 Å². The molecule has 0 bridgehead atoms. The molecule has 12 heteroatoms. The van der Waals surface area contributed by atoms with Gasteiger partial charge in [-0.05, 0) is 44.9 Å². The molecule has 0 saturated carbocycles. The highest BCUT2D eigenvalue weighted by Gasteiger charge is 2.39. The molecule has 1 aliphatic heterocycles. The van der Waals surface area contributed by atoms with Crippen LogP contribution in [-0.2, 0) is 4.79 Å². The highest BCUT2D eigenvalue weighted by molar-refractivity contribution is 7.10. The van der Waals surface area contributed by atoms with Gasteiger partial charge in [-0.15, -0.1) is 11.3 Å². The van der Waals surface area contributed by atoms with Crippen LogP contribution in [0.5, 0.6) is 5.75 Å². The highest BCUT2D eigenvalue weighted by atomic mass is 32.1. The number of methoxy groups -OCH3 is 1. The number of amides is 3. The molecule has 0 radical (unpaired) electrons. The summed E-state index contributed by atoms with van der Waals surface area (Å²) in [7, 11) is 1.43. The number of halogens is 3. The van der Waals surface area contributed by atoms with Crippen molar-refractivity contribution in [1.29, 1.82) is 0 Å². The van der Waals surface area contributed by atoms with Gasteiger partial charge in [0.2, 0.25) is 5.91 Å². The van der Waals surface area contributed by atoms with Gasteiger partial charge in [0.05, 0.1) is 23.4 Å². The summed E-state index contributed by atoms with van der Waals surface area (Å²) in [6.45, 7) is 3.21. The number of piperidine rings is 1. The monoisotopic (exact) mass is 536 g/mol. The van der Waals surface area contributed by atoms with E-state index in [1.165, 1.54) is 61.5 Å². The van der Waals surface area contributed by atoms with Crippen molar-refractivity contribution in [2.75, 3.05) is 25.5 Å². The molecule has 2 heterocycles. The standard InChI is InChI=1S/C25H27F3N4O4S/c1-4-16(17(5-2)25(26,27)28)24(35)32-10-8-14(9-11-32)23-31-19(13-37-23)22(34)30-18-12-15(21(29)33)6-7-20(18)36-3/h4-7,12-14H,8-11H2,1-3H3,(H2,29,33)(H,30,34)/b16-4+,17-5+. The van der Waals surface area contributed by atoms with Gasteiger partial charge in [-0.1, -0.05) is 12.2 Å². The number of hydrogen-bond donors (Lipinski definition) is 2. The lowest BCUT2D eigenvalue weighted by molar-refractivity contribution is -0.130. The van der Waals surface area contributed by atoms with E-state index in [9.17, 15) is 27.6 Å². The number of anilines is 1. The van der Waals surface area contributed by atoms with Crippen LogP contribution in [0.4, 0.5) is 18.9 Å². The number of nitrogens with zero attached hydrogens (tertiary/aromatic N) is 2. The molecular formula is C25H27F3N4O4S. The first kappa shape index (κ1) is 27.9. The summed E-state index contributed by atoms with van der Waals surface area (Å²) in [4.78, 5) is 42.9. The van der Waals surface area contributed by atoms with Crippen LogP contribution in [-0.4, -0.2) is 54.0 Å². The summed E-state index contributed by atoms with van der Waals surface area (Å²) in [6.07, 6.45) is -1.52. The summed E-state index contributed by atoms with van der Waals surface area (Å²) in [5.41, 5.74) is 4.64. The molecule has 3 amide bonds. The summed E-state index contributed by atoms with van der Waals surface area (Å²) >= 11 is 1.30. The fraction of sp³-hybridized carbons (Fsp3) is 0.360. The molecule has 2 aromatic rings. The van der Waals surface area contributed by atoms with Crippen LogP contribution in [0.25, 0.3) is 0 Å². The van der Waals surface area contributed by atoms with Crippen LogP contribution >= 0.6 is 11.3 Å². The smallest absolute Gasteiger partial charge is 0.416 e. The third-order valence-electron chi connectivity index (χ3n) is 6.02. The Hall–Kier alpha value is -3.67. The van der Waals surface area contributed by atoms with Crippen LogP contribution < -0.4 is 15.8 Å². The number of allylic oxidation sites excluding steroid dienone is 2. The van der Waals surface area contributed by atoms with Crippen LogP contribution in [0.2, 0.25) is 0 Å². The third-order valence-corrected chi connectivity index (χ3v) is 7.03. The van der Waals surface area contributed by atoms with Crippen molar-refractivity contribution in [1.82, 2.24) is 9.88 Å².